The molecule has 96 valence electrons. The number of fused-ring (bicyclic) bond motifs is 1. The van der Waals surface area contributed by atoms with Crippen molar-refractivity contribution in [1.29, 1.82) is 0 Å². The molecule has 0 amide bonds. The minimum absolute atomic E-state index is 0.195. The summed E-state index contributed by atoms with van der Waals surface area (Å²) in [6.07, 6.45) is 1.68. The Morgan fingerprint density at radius 1 is 1.32 bits per heavy atom. The van der Waals surface area contributed by atoms with E-state index in [0.29, 0.717) is 12.1 Å². The molecule has 2 aromatic carbocycles. The fourth-order valence-corrected chi connectivity index (χ4v) is 2.96. The Balaban J connectivity index is 2.20. The first-order valence-electron chi connectivity index (χ1n) is 5.99. The van der Waals surface area contributed by atoms with Crippen LogP contribution in [0, 0.1) is 12.7 Å². The summed E-state index contributed by atoms with van der Waals surface area (Å²) in [4.78, 5) is 4.19. The Morgan fingerprint density at radius 2 is 2.16 bits per heavy atom. The second-order valence-electron chi connectivity index (χ2n) is 4.54. The number of nitrogens with zero attached hydrogens (tertiary/aromatic N) is 1. The maximum absolute atomic E-state index is 14.0. The van der Waals surface area contributed by atoms with E-state index in [1.807, 2.05) is 25.1 Å². The first kappa shape index (κ1) is 12.4. The van der Waals surface area contributed by atoms with Crippen molar-refractivity contribution in [3.63, 3.8) is 0 Å². The van der Waals surface area contributed by atoms with Crippen molar-refractivity contribution in [3.05, 3.63) is 51.7 Å². The molecular weight excluding hydrogens is 307 g/mol. The van der Waals surface area contributed by atoms with Gasteiger partial charge in [-0.2, -0.15) is 0 Å². The monoisotopic (exact) mass is 318 g/mol. The fourth-order valence-electron chi connectivity index (χ4n) is 2.35. The summed E-state index contributed by atoms with van der Waals surface area (Å²) >= 11 is 3.53. The number of nitrogens with one attached hydrogen (secondary N) is 1. The summed E-state index contributed by atoms with van der Waals surface area (Å²) in [5, 5.41) is 3.11. The van der Waals surface area contributed by atoms with E-state index in [4.69, 9.17) is 0 Å². The van der Waals surface area contributed by atoms with Crippen LogP contribution in [0.5, 0.6) is 0 Å². The molecule has 0 saturated heterocycles. The Hall–Kier alpha value is -1.68. The molecule has 1 N–H and O–H groups in total. The van der Waals surface area contributed by atoms with Gasteiger partial charge < -0.3 is 5.32 Å². The van der Waals surface area contributed by atoms with E-state index in [9.17, 15) is 4.39 Å². The number of aliphatic imine (C=N–C) groups is 1. The molecule has 0 spiro atoms. The number of benzene rings is 2. The predicted molar refractivity (Wildman–Crippen MR) is 80.1 cm³/mol. The van der Waals surface area contributed by atoms with Crippen LogP contribution >= 0.6 is 15.9 Å². The van der Waals surface area contributed by atoms with E-state index in [2.05, 4.69) is 26.2 Å². The SMILES string of the molecule is Cc1cccc(F)c1-c1cc(Br)c2c(c1)CN=CN2. The van der Waals surface area contributed by atoms with Gasteiger partial charge >= 0.3 is 0 Å². The van der Waals surface area contributed by atoms with Gasteiger partial charge in [-0.15, -0.1) is 0 Å². The Labute approximate surface area is 119 Å². The van der Waals surface area contributed by atoms with Crippen molar-refractivity contribution in [2.45, 2.75) is 13.5 Å². The van der Waals surface area contributed by atoms with Gasteiger partial charge in [0.15, 0.2) is 0 Å². The normalized spacial score (nSPS) is 13.0. The van der Waals surface area contributed by atoms with Crippen molar-refractivity contribution >= 4 is 28.0 Å². The molecule has 0 atom stereocenters. The molecule has 1 heterocycles. The third-order valence-corrected chi connectivity index (χ3v) is 3.87. The van der Waals surface area contributed by atoms with Crippen LogP contribution < -0.4 is 5.32 Å². The van der Waals surface area contributed by atoms with E-state index in [1.54, 1.807) is 12.4 Å². The third-order valence-electron chi connectivity index (χ3n) is 3.24. The minimum Gasteiger partial charge on any atom is -0.346 e. The maximum Gasteiger partial charge on any atom is 0.131 e. The van der Waals surface area contributed by atoms with Gasteiger partial charge in [-0.05, 0) is 57.7 Å². The van der Waals surface area contributed by atoms with Crippen LogP contribution in [0.4, 0.5) is 10.1 Å². The predicted octanol–water partition coefficient (Wildman–Crippen LogP) is 4.52. The largest absolute Gasteiger partial charge is 0.346 e. The highest BCUT2D eigenvalue weighted by atomic mass is 79.9. The topological polar surface area (TPSA) is 24.4 Å². The van der Waals surface area contributed by atoms with Crippen LogP contribution in [0.15, 0.2) is 39.8 Å². The van der Waals surface area contributed by atoms with E-state index >= 15 is 0 Å². The second-order valence-corrected chi connectivity index (χ2v) is 5.39. The molecule has 1 aliphatic rings. The van der Waals surface area contributed by atoms with Crippen molar-refractivity contribution in [2.24, 2.45) is 4.99 Å². The average Bonchev–Trinajstić information content (AvgIpc) is 2.38. The van der Waals surface area contributed by atoms with Crippen molar-refractivity contribution < 1.29 is 4.39 Å². The van der Waals surface area contributed by atoms with Gasteiger partial charge in [0.25, 0.3) is 0 Å². The summed E-state index contributed by atoms with van der Waals surface area (Å²) in [5.41, 5.74) is 4.53. The van der Waals surface area contributed by atoms with Gasteiger partial charge in [0.05, 0.1) is 18.6 Å². The highest BCUT2D eigenvalue weighted by molar-refractivity contribution is 9.10. The molecule has 3 rings (SSSR count). The fraction of sp³-hybridized carbons (Fsp3) is 0.133. The third kappa shape index (κ3) is 2.16. The summed E-state index contributed by atoms with van der Waals surface area (Å²) in [6, 6.07) is 9.08. The molecule has 2 nitrogen and oxygen atoms in total. The lowest BCUT2D eigenvalue weighted by Crippen LogP contribution is -2.06. The Bertz CT molecular complexity index is 660. The van der Waals surface area contributed by atoms with Crippen molar-refractivity contribution in [3.8, 4) is 11.1 Å². The summed E-state index contributed by atoms with van der Waals surface area (Å²) in [5.74, 6) is -0.195. The molecule has 0 aliphatic carbocycles. The van der Waals surface area contributed by atoms with Crippen LogP contribution in [0.3, 0.4) is 0 Å². The molecule has 0 unspecified atom stereocenters. The highest BCUT2D eigenvalue weighted by Crippen LogP contribution is 2.36. The van der Waals surface area contributed by atoms with Gasteiger partial charge in [0, 0.05) is 10.0 Å². The lowest BCUT2D eigenvalue weighted by molar-refractivity contribution is 0.630. The van der Waals surface area contributed by atoms with Gasteiger partial charge in [-0.3, -0.25) is 4.99 Å². The van der Waals surface area contributed by atoms with Crippen LogP contribution in [0.25, 0.3) is 11.1 Å². The van der Waals surface area contributed by atoms with Crippen molar-refractivity contribution in [1.82, 2.24) is 0 Å². The van der Waals surface area contributed by atoms with Crippen LogP contribution in [-0.2, 0) is 6.54 Å². The summed E-state index contributed by atoms with van der Waals surface area (Å²) in [6.45, 7) is 2.53. The van der Waals surface area contributed by atoms with E-state index in [1.165, 1.54) is 6.07 Å². The zero-order chi connectivity index (χ0) is 13.4. The van der Waals surface area contributed by atoms with Gasteiger partial charge in [-0.25, -0.2) is 4.39 Å². The number of halogens is 2. The zero-order valence-corrected chi connectivity index (χ0v) is 12.0. The quantitative estimate of drug-likeness (QED) is 0.821. The average molecular weight is 319 g/mol. The molecule has 0 radical (unpaired) electrons. The minimum atomic E-state index is -0.195. The number of anilines is 1. The molecule has 2 aromatic rings. The number of rotatable bonds is 1. The number of hydrogen-bond acceptors (Lipinski definition) is 2. The maximum atomic E-state index is 14.0. The molecule has 4 heteroatoms. The standard InChI is InChI=1S/C15H12BrFN2/c1-9-3-2-4-13(17)14(9)10-5-11-7-18-8-19-15(11)12(16)6-10/h2-6,8H,7H2,1H3,(H,18,19). The Kier molecular flexibility index (Phi) is 3.11. The molecule has 0 aromatic heterocycles. The highest BCUT2D eigenvalue weighted by Gasteiger charge is 2.15. The molecule has 0 bridgehead atoms. The summed E-state index contributed by atoms with van der Waals surface area (Å²) < 4.78 is 15.0. The van der Waals surface area contributed by atoms with Gasteiger partial charge in [0.1, 0.15) is 5.82 Å². The number of hydrogen-bond donors (Lipinski definition) is 1. The molecule has 19 heavy (non-hydrogen) atoms. The van der Waals surface area contributed by atoms with E-state index in [-0.39, 0.29) is 5.82 Å². The molecular formula is C15H12BrFN2. The lowest BCUT2D eigenvalue weighted by atomic mass is 9.97. The van der Waals surface area contributed by atoms with Crippen LogP contribution in [0.1, 0.15) is 11.1 Å². The van der Waals surface area contributed by atoms with Crippen molar-refractivity contribution in [2.75, 3.05) is 5.32 Å². The van der Waals surface area contributed by atoms with Gasteiger partial charge in [0.2, 0.25) is 0 Å². The first-order chi connectivity index (χ1) is 9.16. The van der Waals surface area contributed by atoms with Gasteiger partial charge in [-0.1, -0.05) is 12.1 Å². The van der Waals surface area contributed by atoms with E-state index in [0.717, 1.165) is 26.9 Å². The zero-order valence-electron chi connectivity index (χ0n) is 10.4. The summed E-state index contributed by atoms with van der Waals surface area (Å²) in [7, 11) is 0. The Morgan fingerprint density at radius 3 is 2.95 bits per heavy atom. The van der Waals surface area contributed by atoms with E-state index < -0.39 is 0 Å². The molecule has 0 fully saturated rings. The smallest absolute Gasteiger partial charge is 0.131 e. The molecule has 1 aliphatic heterocycles. The van der Waals surface area contributed by atoms with Crippen LogP contribution in [0.2, 0.25) is 0 Å². The second kappa shape index (κ2) is 4.78. The lowest BCUT2D eigenvalue weighted by Gasteiger charge is -2.17. The molecule has 0 saturated carbocycles. The first-order valence-corrected chi connectivity index (χ1v) is 6.79. The van der Waals surface area contributed by atoms with Crippen LogP contribution in [-0.4, -0.2) is 6.34 Å². The number of aryl methyl sites for hydroxylation is 1.